The number of benzene rings is 3. The van der Waals surface area contributed by atoms with Crippen molar-refractivity contribution < 1.29 is 22.6 Å². The predicted octanol–water partition coefficient (Wildman–Crippen LogP) is 7.76. The molecule has 0 N–H and O–H groups in total. The van der Waals surface area contributed by atoms with E-state index in [4.69, 9.17) is 9.47 Å². The van der Waals surface area contributed by atoms with Gasteiger partial charge in [-0.2, -0.15) is 0 Å². The second-order valence-corrected chi connectivity index (χ2v) is 8.39. The van der Waals surface area contributed by atoms with Gasteiger partial charge in [-0.15, -0.1) is 0 Å². The lowest BCUT2D eigenvalue weighted by molar-refractivity contribution is -0.205. The summed E-state index contributed by atoms with van der Waals surface area (Å²) >= 11 is 0. The van der Waals surface area contributed by atoms with Crippen LogP contribution < -0.4 is 0 Å². The van der Waals surface area contributed by atoms with E-state index in [9.17, 15) is 13.2 Å². The average Bonchev–Trinajstić information content (AvgIpc) is 2.83. The van der Waals surface area contributed by atoms with Crippen LogP contribution in [0, 0.1) is 30.3 Å². The average molecular weight is 453 g/mol. The molecular weight excluding hydrogens is 425 g/mol. The van der Waals surface area contributed by atoms with E-state index in [0.29, 0.717) is 41.4 Å². The van der Waals surface area contributed by atoms with Crippen LogP contribution in [0.1, 0.15) is 37.2 Å². The van der Waals surface area contributed by atoms with Crippen LogP contribution in [0.15, 0.2) is 66.7 Å². The highest BCUT2D eigenvalue weighted by Crippen LogP contribution is 2.32. The zero-order chi connectivity index (χ0) is 23.4. The molecule has 0 radical (unpaired) electrons. The van der Waals surface area contributed by atoms with Gasteiger partial charge in [-0.05, 0) is 49.4 Å². The minimum atomic E-state index is -0.880. The highest BCUT2D eigenvalue weighted by atomic mass is 19.2. The largest absolute Gasteiger partial charge is 0.348 e. The van der Waals surface area contributed by atoms with Crippen LogP contribution in [-0.4, -0.2) is 13.2 Å². The number of ether oxygens (including phenoxy) is 2. The van der Waals surface area contributed by atoms with Gasteiger partial charge in [-0.1, -0.05) is 60.7 Å². The monoisotopic (exact) mass is 452 g/mol. The van der Waals surface area contributed by atoms with Gasteiger partial charge in [0.2, 0.25) is 0 Å². The first-order chi connectivity index (χ1) is 16.0. The molecule has 0 bridgehead atoms. The molecule has 0 spiro atoms. The fourth-order valence-corrected chi connectivity index (χ4v) is 4.01. The van der Waals surface area contributed by atoms with E-state index in [-0.39, 0.29) is 11.1 Å². The molecule has 0 amide bonds. The van der Waals surface area contributed by atoms with E-state index < -0.39 is 23.7 Å². The highest BCUT2D eigenvalue weighted by molar-refractivity contribution is 5.71. The van der Waals surface area contributed by atoms with Crippen molar-refractivity contribution in [1.29, 1.82) is 0 Å². The third-order valence-corrected chi connectivity index (χ3v) is 5.99. The van der Waals surface area contributed by atoms with E-state index in [1.54, 1.807) is 48.5 Å². The summed E-state index contributed by atoms with van der Waals surface area (Å²) in [5, 5.41) is 0. The first-order valence-corrected chi connectivity index (χ1v) is 11.2. The Labute approximate surface area is 192 Å². The summed E-state index contributed by atoms with van der Waals surface area (Å²) in [6.45, 7) is 4.69. The van der Waals surface area contributed by atoms with Gasteiger partial charge in [-0.3, -0.25) is 0 Å². The molecule has 2 nitrogen and oxygen atoms in total. The molecule has 0 aliphatic carbocycles. The molecule has 4 rings (SSSR count). The Hall–Kier alpha value is -2.89. The summed E-state index contributed by atoms with van der Waals surface area (Å²) < 4.78 is 54.8. The van der Waals surface area contributed by atoms with Gasteiger partial charge in [0, 0.05) is 22.6 Å². The third-order valence-electron chi connectivity index (χ3n) is 5.99. The van der Waals surface area contributed by atoms with Crippen molar-refractivity contribution >= 4 is 0 Å². The van der Waals surface area contributed by atoms with Gasteiger partial charge in [-0.25, -0.2) is 13.2 Å². The first kappa shape index (κ1) is 23.3. The normalized spacial score (nSPS) is 18.7. The van der Waals surface area contributed by atoms with Crippen LogP contribution in [-0.2, 0) is 9.47 Å². The Morgan fingerprint density at radius 3 is 2.12 bits per heavy atom. The van der Waals surface area contributed by atoms with E-state index in [0.717, 1.165) is 12.8 Å². The van der Waals surface area contributed by atoms with E-state index in [1.807, 2.05) is 13.0 Å². The third kappa shape index (κ3) is 5.21. The van der Waals surface area contributed by atoms with Crippen LogP contribution in [0.5, 0.6) is 0 Å². The first-order valence-electron chi connectivity index (χ1n) is 11.2. The number of allylic oxidation sites excluding steroid dienone is 2. The molecule has 33 heavy (non-hydrogen) atoms. The lowest BCUT2D eigenvalue weighted by Crippen LogP contribution is -2.27. The highest BCUT2D eigenvalue weighted by Gasteiger charge is 2.24. The molecule has 0 aromatic heterocycles. The fourth-order valence-electron chi connectivity index (χ4n) is 4.01. The molecule has 172 valence electrons. The maximum Gasteiger partial charge on any atom is 0.183 e. The summed E-state index contributed by atoms with van der Waals surface area (Å²) in [6.07, 6.45) is 5.58. The summed E-state index contributed by atoms with van der Waals surface area (Å²) in [5.74, 6) is -1.79. The molecule has 0 saturated carbocycles. The predicted molar refractivity (Wildman–Crippen MR) is 124 cm³/mol. The second-order valence-electron chi connectivity index (χ2n) is 8.39. The summed E-state index contributed by atoms with van der Waals surface area (Å²) in [5.41, 5.74) is 2.66. The van der Waals surface area contributed by atoms with E-state index >= 15 is 0 Å². The molecule has 1 aliphatic heterocycles. The number of halogens is 3. The Balaban J connectivity index is 1.46. The number of hydrogen-bond donors (Lipinski definition) is 0. The zero-order valence-electron chi connectivity index (χ0n) is 18.8. The number of aryl methyl sites for hydroxylation is 1. The maximum atomic E-state index is 14.9. The van der Waals surface area contributed by atoms with Crippen LogP contribution in [0.3, 0.4) is 0 Å². The number of hydrogen-bond acceptors (Lipinski definition) is 2. The molecule has 0 atom stereocenters. The minimum Gasteiger partial charge on any atom is -0.348 e. The Morgan fingerprint density at radius 2 is 1.48 bits per heavy atom. The smallest absolute Gasteiger partial charge is 0.183 e. The standard InChI is InChI=1S/C28H27F3O2/c1-3-4-5-6-19-16-32-28(33-17-19)22-12-14-23(25(29)15-22)20-8-10-21(11-9-20)24-13-7-18(2)26(30)27(24)31/h3-4,7-15,19,28H,5-6,16-17H2,1-2H3/b4-3+. The second kappa shape index (κ2) is 10.4. The van der Waals surface area contributed by atoms with Crippen molar-refractivity contribution in [1.82, 2.24) is 0 Å². The Bertz CT molecular complexity index is 1130. The van der Waals surface area contributed by atoms with Crippen LogP contribution in [0.4, 0.5) is 13.2 Å². The van der Waals surface area contributed by atoms with Crippen molar-refractivity contribution in [2.24, 2.45) is 5.92 Å². The SMILES string of the molecule is C/C=C/CCC1COC(c2ccc(-c3ccc(-c4ccc(C)c(F)c4F)cc3)c(F)c2)OC1. The molecule has 1 aliphatic rings. The van der Waals surface area contributed by atoms with Crippen LogP contribution in [0.25, 0.3) is 22.3 Å². The summed E-state index contributed by atoms with van der Waals surface area (Å²) in [6, 6.07) is 14.7. The molecular formula is C28H27F3O2. The van der Waals surface area contributed by atoms with Crippen LogP contribution >= 0.6 is 0 Å². The molecule has 1 fully saturated rings. The van der Waals surface area contributed by atoms with Gasteiger partial charge in [0.15, 0.2) is 17.9 Å². The summed E-state index contributed by atoms with van der Waals surface area (Å²) in [7, 11) is 0. The zero-order valence-corrected chi connectivity index (χ0v) is 18.8. The molecule has 3 aromatic rings. The summed E-state index contributed by atoms with van der Waals surface area (Å²) in [4.78, 5) is 0. The molecule has 0 unspecified atom stereocenters. The van der Waals surface area contributed by atoms with E-state index in [2.05, 4.69) is 6.08 Å². The molecule has 5 heteroatoms. The lowest BCUT2D eigenvalue weighted by Gasteiger charge is -2.29. The van der Waals surface area contributed by atoms with Crippen molar-refractivity contribution in [3.8, 4) is 22.3 Å². The Morgan fingerprint density at radius 1 is 0.848 bits per heavy atom. The van der Waals surface area contributed by atoms with Gasteiger partial charge in [0.05, 0.1) is 13.2 Å². The lowest BCUT2D eigenvalue weighted by atomic mass is 9.98. The van der Waals surface area contributed by atoms with Crippen molar-refractivity contribution in [3.05, 3.63) is 95.3 Å². The quantitative estimate of drug-likeness (QED) is 0.356. The van der Waals surface area contributed by atoms with Crippen molar-refractivity contribution in [3.63, 3.8) is 0 Å². The topological polar surface area (TPSA) is 18.5 Å². The minimum absolute atomic E-state index is 0.177. The van der Waals surface area contributed by atoms with Gasteiger partial charge < -0.3 is 9.47 Å². The number of rotatable bonds is 6. The fraction of sp³-hybridized carbons (Fsp3) is 0.286. The molecule has 1 heterocycles. The van der Waals surface area contributed by atoms with Crippen molar-refractivity contribution in [2.45, 2.75) is 33.0 Å². The molecule has 1 saturated heterocycles. The van der Waals surface area contributed by atoms with E-state index in [1.165, 1.54) is 13.0 Å². The van der Waals surface area contributed by atoms with Gasteiger partial charge in [0.25, 0.3) is 0 Å². The Kier molecular flexibility index (Phi) is 7.31. The van der Waals surface area contributed by atoms with Gasteiger partial charge >= 0.3 is 0 Å². The van der Waals surface area contributed by atoms with Gasteiger partial charge in [0.1, 0.15) is 5.82 Å². The maximum absolute atomic E-state index is 14.9. The molecule has 3 aromatic carbocycles. The van der Waals surface area contributed by atoms with Crippen LogP contribution in [0.2, 0.25) is 0 Å². The van der Waals surface area contributed by atoms with Crippen molar-refractivity contribution in [2.75, 3.05) is 13.2 Å².